The van der Waals surface area contributed by atoms with Gasteiger partial charge in [0.25, 0.3) is 0 Å². The number of alkyl halides is 1. The van der Waals surface area contributed by atoms with Crippen LogP contribution in [0, 0.1) is 6.42 Å². The van der Waals surface area contributed by atoms with Crippen LogP contribution in [0.2, 0.25) is 0 Å². The number of halogens is 1. The van der Waals surface area contributed by atoms with E-state index in [1.54, 1.807) is 30.7 Å². The molecular weight excluding hydrogens is 188 g/mol. The van der Waals surface area contributed by atoms with E-state index in [9.17, 15) is 9.90 Å². The Bertz CT molecular complexity index is 269. The Balaban J connectivity index is 2.63. The van der Waals surface area contributed by atoms with E-state index in [4.69, 9.17) is 11.6 Å². The summed E-state index contributed by atoms with van der Waals surface area (Å²) in [5.74, 6) is 0.176. The maximum atomic E-state index is 10.3. The van der Waals surface area contributed by atoms with Crippen LogP contribution in [0.3, 0.4) is 0 Å². The summed E-state index contributed by atoms with van der Waals surface area (Å²) in [6.07, 6.45) is 1.78. The molecule has 1 rings (SSSR count). The van der Waals surface area contributed by atoms with Crippen molar-refractivity contribution in [3.05, 3.63) is 41.8 Å². The van der Waals surface area contributed by atoms with Crippen LogP contribution in [0.4, 0.5) is 0 Å². The molecule has 3 heteroatoms. The zero-order valence-electron chi connectivity index (χ0n) is 6.98. The third-order valence-corrected chi connectivity index (χ3v) is 1.93. The number of carbonyl (C=O) groups excluding carboxylic acids is 1. The van der Waals surface area contributed by atoms with Gasteiger partial charge in [-0.15, -0.1) is 11.6 Å². The first-order valence-electron chi connectivity index (χ1n) is 3.90. The van der Waals surface area contributed by atoms with Gasteiger partial charge in [0.15, 0.2) is 0 Å². The van der Waals surface area contributed by atoms with Crippen molar-refractivity contribution in [3.63, 3.8) is 0 Å². The minimum Gasteiger partial charge on any atom is -0.391 e. The summed E-state index contributed by atoms with van der Waals surface area (Å²) >= 11 is 5.42. The van der Waals surface area contributed by atoms with Crippen LogP contribution < -0.4 is 0 Å². The third kappa shape index (κ3) is 3.17. The predicted octanol–water partition coefficient (Wildman–Crippen LogP) is 1.65. The average Bonchev–Trinajstić information content (AvgIpc) is 2.19. The van der Waals surface area contributed by atoms with Gasteiger partial charge >= 0.3 is 0 Å². The fraction of sp³-hybridized carbons (Fsp3) is 0.200. The summed E-state index contributed by atoms with van der Waals surface area (Å²) < 4.78 is 0. The van der Waals surface area contributed by atoms with Crippen molar-refractivity contribution >= 4 is 17.9 Å². The van der Waals surface area contributed by atoms with E-state index in [2.05, 4.69) is 0 Å². The molecule has 69 valence electrons. The topological polar surface area (TPSA) is 37.3 Å². The summed E-state index contributed by atoms with van der Waals surface area (Å²) in [7, 11) is 0. The second-order valence-corrected chi connectivity index (χ2v) is 2.98. The summed E-state index contributed by atoms with van der Waals surface area (Å²) in [5.41, 5.74) is 1.48. The Kier molecular flexibility index (Phi) is 3.93. The van der Waals surface area contributed by atoms with Crippen LogP contribution in [-0.4, -0.2) is 23.4 Å². The Morgan fingerprint density at radius 3 is 2.31 bits per heavy atom. The quantitative estimate of drug-likeness (QED) is 0.589. The van der Waals surface area contributed by atoms with Gasteiger partial charge in [-0.1, -0.05) is 24.3 Å². The van der Waals surface area contributed by atoms with Crippen LogP contribution in [0.15, 0.2) is 24.3 Å². The average molecular weight is 198 g/mol. The van der Waals surface area contributed by atoms with Crippen molar-refractivity contribution < 1.29 is 9.90 Å². The fourth-order valence-electron chi connectivity index (χ4n) is 0.952. The smallest absolute Gasteiger partial charge is 0.150 e. The number of rotatable bonds is 4. The first-order valence-corrected chi connectivity index (χ1v) is 4.44. The lowest BCUT2D eigenvalue weighted by Crippen LogP contribution is -2.09. The summed E-state index contributed by atoms with van der Waals surface area (Å²) in [6, 6.07) is 6.92. The Labute approximate surface area is 82.2 Å². The molecule has 13 heavy (non-hydrogen) atoms. The molecule has 2 nitrogen and oxygen atoms in total. The molecule has 1 atom stereocenters. The Hall–Kier alpha value is -0.860. The standard InChI is InChI=1S/C10H10ClO2/c11-6-10(13)5-8-1-3-9(7-12)4-2-8/h1-5,7,10,13H,6H2. The van der Waals surface area contributed by atoms with Crippen molar-refractivity contribution in [3.8, 4) is 0 Å². The van der Waals surface area contributed by atoms with Gasteiger partial charge in [0, 0.05) is 17.9 Å². The highest BCUT2D eigenvalue weighted by molar-refractivity contribution is 6.18. The molecular formula is C10H10ClO2. The Morgan fingerprint density at radius 1 is 1.31 bits per heavy atom. The lowest BCUT2D eigenvalue weighted by Gasteiger charge is -2.05. The van der Waals surface area contributed by atoms with E-state index in [0.29, 0.717) is 5.56 Å². The van der Waals surface area contributed by atoms with Gasteiger partial charge in [-0.25, -0.2) is 0 Å². The second-order valence-electron chi connectivity index (χ2n) is 2.67. The molecule has 1 aromatic carbocycles. The van der Waals surface area contributed by atoms with Crippen LogP contribution in [0.1, 0.15) is 15.9 Å². The molecule has 0 heterocycles. The molecule has 1 unspecified atom stereocenters. The van der Waals surface area contributed by atoms with E-state index < -0.39 is 6.10 Å². The van der Waals surface area contributed by atoms with E-state index in [-0.39, 0.29) is 5.88 Å². The molecule has 0 aromatic heterocycles. The van der Waals surface area contributed by atoms with Crippen molar-refractivity contribution in [1.29, 1.82) is 0 Å². The third-order valence-electron chi connectivity index (χ3n) is 1.62. The lowest BCUT2D eigenvalue weighted by atomic mass is 10.1. The number of aliphatic hydroxyl groups excluding tert-OH is 1. The van der Waals surface area contributed by atoms with Crippen LogP contribution in [0.5, 0.6) is 0 Å². The highest BCUT2D eigenvalue weighted by Crippen LogP contribution is 2.08. The molecule has 0 aliphatic rings. The molecule has 0 saturated heterocycles. The molecule has 0 fully saturated rings. The van der Waals surface area contributed by atoms with Crippen molar-refractivity contribution in [2.75, 3.05) is 5.88 Å². The molecule has 0 aliphatic carbocycles. The fourth-order valence-corrected chi connectivity index (χ4v) is 1.04. The number of hydrogen-bond acceptors (Lipinski definition) is 2. The van der Waals surface area contributed by atoms with Gasteiger partial charge in [0.1, 0.15) is 6.29 Å². The molecule has 0 aliphatic heterocycles. The Morgan fingerprint density at radius 2 is 1.85 bits per heavy atom. The highest BCUT2D eigenvalue weighted by atomic mass is 35.5. The van der Waals surface area contributed by atoms with E-state index in [1.165, 1.54) is 0 Å². The van der Waals surface area contributed by atoms with Crippen LogP contribution in [0.25, 0.3) is 0 Å². The molecule has 0 amide bonds. The monoisotopic (exact) mass is 197 g/mol. The predicted molar refractivity (Wildman–Crippen MR) is 52.0 cm³/mol. The lowest BCUT2D eigenvalue weighted by molar-refractivity contribution is 0.112. The molecule has 0 bridgehead atoms. The minimum atomic E-state index is -0.635. The maximum Gasteiger partial charge on any atom is 0.150 e. The van der Waals surface area contributed by atoms with Gasteiger partial charge in [-0.05, 0) is 5.56 Å². The van der Waals surface area contributed by atoms with Gasteiger partial charge in [0.05, 0.1) is 6.10 Å². The van der Waals surface area contributed by atoms with E-state index in [0.717, 1.165) is 11.8 Å². The second kappa shape index (κ2) is 5.00. The maximum absolute atomic E-state index is 10.3. The normalized spacial score (nSPS) is 12.5. The largest absolute Gasteiger partial charge is 0.391 e. The number of hydrogen-bond donors (Lipinski definition) is 1. The molecule has 0 spiro atoms. The van der Waals surface area contributed by atoms with Crippen molar-refractivity contribution in [1.82, 2.24) is 0 Å². The minimum absolute atomic E-state index is 0.176. The van der Waals surface area contributed by atoms with Crippen LogP contribution in [-0.2, 0) is 0 Å². The zero-order chi connectivity index (χ0) is 9.68. The summed E-state index contributed by atoms with van der Waals surface area (Å²) in [4.78, 5) is 10.3. The zero-order valence-corrected chi connectivity index (χ0v) is 7.74. The van der Waals surface area contributed by atoms with Gasteiger partial charge < -0.3 is 5.11 Å². The first kappa shape index (κ1) is 10.2. The SMILES string of the molecule is O=Cc1ccc([CH]C(O)CCl)cc1. The van der Waals surface area contributed by atoms with Gasteiger partial charge in [0.2, 0.25) is 0 Å². The molecule has 1 radical (unpaired) electrons. The van der Waals surface area contributed by atoms with E-state index in [1.807, 2.05) is 0 Å². The molecule has 0 saturated carbocycles. The van der Waals surface area contributed by atoms with E-state index >= 15 is 0 Å². The highest BCUT2D eigenvalue weighted by Gasteiger charge is 2.03. The number of aliphatic hydroxyl groups is 1. The number of carbonyl (C=O) groups is 1. The van der Waals surface area contributed by atoms with Gasteiger partial charge in [-0.3, -0.25) is 4.79 Å². The first-order chi connectivity index (χ1) is 6.26. The number of benzene rings is 1. The molecule has 1 aromatic rings. The van der Waals surface area contributed by atoms with Gasteiger partial charge in [-0.2, -0.15) is 0 Å². The number of aldehydes is 1. The summed E-state index contributed by atoms with van der Waals surface area (Å²) in [6.45, 7) is 0. The van der Waals surface area contributed by atoms with Crippen molar-refractivity contribution in [2.45, 2.75) is 6.10 Å². The summed E-state index contributed by atoms with van der Waals surface area (Å²) in [5, 5.41) is 9.18. The molecule has 1 N–H and O–H groups in total. The van der Waals surface area contributed by atoms with Crippen LogP contribution >= 0.6 is 11.6 Å². The van der Waals surface area contributed by atoms with Crippen molar-refractivity contribution in [2.24, 2.45) is 0 Å².